The zero-order chi connectivity index (χ0) is 28.9. The summed E-state index contributed by atoms with van der Waals surface area (Å²) in [5.74, 6) is 0.847. The van der Waals surface area contributed by atoms with Crippen LogP contribution in [0.1, 0.15) is 91.7 Å². The molecule has 0 fully saturated rings. The van der Waals surface area contributed by atoms with Gasteiger partial charge in [-0.05, 0) is 43.7 Å². The predicted molar refractivity (Wildman–Crippen MR) is 161 cm³/mol. The SMILES string of the molecule is CCCCC(=O)N(Cc1ccccc1)C(C)(C)COCC(C)(C)CN(Cc1ccccc1)C(=O)CCC(C)C. The lowest BCUT2D eigenvalue weighted by Gasteiger charge is -2.40. The van der Waals surface area contributed by atoms with E-state index in [2.05, 4.69) is 72.7 Å². The molecular weight excluding hydrogens is 484 g/mol. The Labute approximate surface area is 237 Å². The van der Waals surface area contributed by atoms with Gasteiger partial charge in [0.15, 0.2) is 0 Å². The van der Waals surface area contributed by atoms with Crippen molar-refractivity contribution in [3.05, 3.63) is 71.8 Å². The van der Waals surface area contributed by atoms with Gasteiger partial charge in [0.25, 0.3) is 0 Å². The highest BCUT2D eigenvalue weighted by molar-refractivity contribution is 5.77. The average Bonchev–Trinajstić information content (AvgIpc) is 2.89. The van der Waals surface area contributed by atoms with Gasteiger partial charge < -0.3 is 14.5 Å². The summed E-state index contributed by atoms with van der Waals surface area (Å²) in [7, 11) is 0. The highest BCUT2D eigenvalue weighted by Gasteiger charge is 2.32. The molecule has 2 aromatic carbocycles. The Kier molecular flexibility index (Phi) is 13.2. The summed E-state index contributed by atoms with van der Waals surface area (Å²) in [5.41, 5.74) is 1.55. The molecule has 0 bridgehead atoms. The van der Waals surface area contributed by atoms with E-state index < -0.39 is 5.54 Å². The van der Waals surface area contributed by atoms with Crippen molar-refractivity contribution >= 4 is 11.8 Å². The predicted octanol–water partition coefficient (Wildman–Crippen LogP) is 7.49. The molecule has 216 valence electrons. The second-order valence-corrected chi connectivity index (χ2v) is 12.7. The highest BCUT2D eigenvalue weighted by Crippen LogP contribution is 2.25. The smallest absolute Gasteiger partial charge is 0.223 e. The summed E-state index contributed by atoms with van der Waals surface area (Å²) in [4.78, 5) is 30.4. The van der Waals surface area contributed by atoms with Crippen molar-refractivity contribution in [1.82, 2.24) is 9.80 Å². The lowest BCUT2D eigenvalue weighted by Crippen LogP contribution is -2.51. The highest BCUT2D eigenvalue weighted by atomic mass is 16.5. The molecule has 2 aromatic rings. The zero-order valence-corrected chi connectivity index (χ0v) is 25.5. The molecule has 39 heavy (non-hydrogen) atoms. The molecule has 0 saturated heterocycles. The fourth-order valence-corrected chi connectivity index (χ4v) is 4.69. The van der Waals surface area contributed by atoms with Crippen LogP contribution in [0.5, 0.6) is 0 Å². The Morgan fingerprint density at radius 3 is 1.90 bits per heavy atom. The van der Waals surface area contributed by atoms with E-state index in [0.717, 1.165) is 30.4 Å². The van der Waals surface area contributed by atoms with Crippen LogP contribution < -0.4 is 0 Å². The molecule has 5 nitrogen and oxygen atoms in total. The Morgan fingerprint density at radius 1 is 0.795 bits per heavy atom. The average molecular weight is 537 g/mol. The van der Waals surface area contributed by atoms with Gasteiger partial charge in [-0.25, -0.2) is 0 Å². The van der Waals surface area contributed by atoms with Gasteiger partial charge in [-0.15, -0.1) is 0 Å². The molecule has 0 aromatic heterocycles. The summed E-state index contributed by atoms with van der Waals surface area (Å²) < 4.78 is 6.33. The van der Waals surface area contributed by atoms with E-state index in [1.807, 2.05) is 46.2 Å². The van der Waals surface area contributed by atoms with Gasteiger partial charge in [0, 0.05) is 37.9 Å². The van der Waals surface area contributed by atoms with Crippen LogP contribution >= 0.6 is 0 Å². The standard InChI is InChI=1S/C34H52N2O3/c1-8-9-20-32(38)36(24-30-18-14-11-15-19-30)34(6,7)27-39-26-33(4,5)25-35(31(37)22-21-28(2)3)23-29-16-12-10-13-17-29/h10-19,28H,8-9,20-27H2,1-7H3. The molecule has 0 unspecified atom stereocenters. The number of carbonyl (C=O) groups is 2. The Balaban J connectivity index is 2.07. The van der Waals surface area contributed by atoms with Gasteiger partial charge >= 0.3 is 0 Å². The third kappa shape index (κ3) is 11.9. The van der Waals surface area contributed by atoms with Gasteiger partial charge in [0.1, 0.15) is 0 Å². The van der Waals surface area contributed by atoms with Crippen molar-refractivity contribution in [2.45, 2.75) is 99.2 Å². The molecule has 0 heterocycles. The lowest BCUT2D eigenvalue weighted by molar-refractivity contribution is -0.141. The number of carbonyl (C=O) groups excluding carboxylic acids is 2. The largest absolute Gasteiger partial charge is 0.378 e. The summed E-state index contributed by atoms with van der Waals surface area (Å²) in [6.07, 6.45) is 3.87. The molecule has 0 N–H and O–H groups in total. The van der Waals surface area contributed by atoms with Crippen molar-refractivity contribution in [3.63, 3.8) is 0 Å². The van der Waals surface area contributed by atoms with Crippen LogP contribution in [0.2, 0.25) is 0 Å². The van der Waals surface area contributed by atoms with Crippen LogP contribution in [0.25, 0.3) is 0 Å². The van der Waals surface area contributed by atoms with Crippen molar-refractivity contribution in [2.24, 2.45) is 11.3 Å². The van der Waals surface area contributed by atoms with Crippen molar-refractivity contribution in [3.8, 4) is 0 Å². The summed E-state index contributed by atoms with van der Waals surface area (Å²) in [6.45, 7) is 17.6. The monoisotopic (exact) mass is 536 g/mol. The van der Waals surface area contributed by atoms with Gasteiger partial charge in [-0.1, -0.05) is 102 Å². The van der Waals surface area contributed by atoms with E-state index >= 15 is 0 Å². The molecule has 5 heteroatoms. The molecule has 0 aliphatic carbocycles. The first-order chi connectivity index (χ1) is 18.4. The maximum atomic E-state index is 13.2. The number of rotatable bonds is 17. The molecule has 2 rings (SSSR count). The normalized spacial score (nSPS) is 12.0. The van der Waals surface area contributed by atoms with Crippen molar-refractivity contribution in [2.75, 3.05) is 19.8 Å². The first-order valence-electron chi connectivity index (χ1n) is 14.7. The van der Waals surface area contributed by atoms with E-state index in [0.29, 0.717) is 51.6 Å². The maximum absolute atomic E-state index is 13.2. The number of nitrogens with zero attached hydrogens (tertiary/aromatic N) is 2. The lowest BCUT2D eigenvalue weighted by atomic mass is 9.93. The van der Waals surface area contributed by atoms with Gasteiger partial charge in [-0.2, -0.15) is 0 Å². The van der Waals surface area contributed by atoms with E-state index in [1.165, 1.54) is 0 Å². The molecule has 0 aliphatic heterocycles. The third-order valence-corrected chi connectivity index (χ3v) is 7.03. The first kappa shape index (κ1) is 32.6. The number of hydrogen-bond acceptors (Lipinski definition) is 3. The van der Waals surface area contributed by atoms with Crippen LogP contribution in [0, 0.1) is 11.3 Å². The Morgan fingerprint density at radius 2 is 1.36 bits per heavy atom. The van der Waals surface area contributed by atoms with E-state index in [-0.39, 0.29) is 17.2 Å². The fourth-order valence-electron chi connectivity index (χ4n) is 4.69. The molecule has 0 radical (unpaired) electrons. The second kappa shape index (κ2) is 15.8. The summed E-state index contributed by atoms with van der Waals surface area (Å²) in [5, 5.41) is 0. The summed E-state index contributed by atoms with van der Waals surface area (Å²) >= 11 is 0. The second-order valence-electron chi connectivity index (χ2n) is 12.7. The number of unbranched alkanes of at least 4 members (excludes halogenated alkanes) is 1. The Bertz CT molecular complexity index is 986. The number of amides is 2. The first-order valence-corrected chi connectivity index (χ1v) is 14.7. The van der Waals surface area contributed by atoms with E-state index in [4.69, 9.17) is 4.74 Å². The minimum Gasteiger partial charge on any atom is -0.378 e. The van der Waals surface area contributed by atoms with Gasteiger partial charge in [-0.3, -0.25) is 9.59 Å². The zero-order valence-electron chi connectivity index (χ0n) is 25.5. The minimum absolute atomic E-state index is 0.165. The van der Waals surface area contributed by atoms with Gasteiger partial charge in [0.05, 0.1) is 18.8 Å². The van der Waals surface area contributed by atoms with Crippen LogP contribution in [0.3, 0.4) is 0 Å². The van der Waals surface area contributed by atoms with Crippen LogP contribution in [0.15, 0.2) is 60.7 Å². The van der Waals surface area contributed by atoms with Crippen LogP contribution in [-0.2, 0) is 27.4 Å². The molecule has 0 saturated carbocycles. The quantitative estimate of drug-likeness (QED) is 0.210. The van der Waals surface area contributed by atoms with Gasteiger partial charge in [0.2, 0.25) is 11.8 Å². The number of hydrogen-bond donors (Lipinski definition) is 0. The van der Waals surface area contributed by atoms with E-state index in [1.54, 1.807) is 0 Å². The van der Waals surface area contributed by atoms with Crippen LogP contribution in [0.4, 0.5) is 0 Å². The molecule has 0 aliphatic rings. The molecule has 2 amide bonds. The third-order valence-electron chi connectivity index (χ3n) is 7.03. The molecule has 0 atom stereocenters. The van der Waals surface area contributed by atoms with Crippen molar-refractivity contribution < 1.29 is 14.3 Å². The van der Waals surface area contributed by atoms with Crippen LogP contribution in [-0.4, -0.2) is 46.9 Å². The maximum Gasteiger partial charge on any atom is 0.223 e. The minimum atomic E-state index is -0.465. The topological polar surface area (TPSA) is 49.9 Å². The molecular formula is C34H52N2O3. The number of ether oxygens (including phenoxy) is 1. The summed E-state index contributed by atoms with van der Waals surface area (Å²) in [6, 6.07) is 20.4. The van der Waals surface area contributed by atoms with E-state index in [9.17, 15) is 9.59 Å². The Hall–Kier alpha value is -2.66. The number of benzene rings is 2. The van der Waals surface area contributed by atoms with Crippen molar-refractivity contribution in [1.29, 1.82) is 0 Å². The fraction of sp³-hybridized carbons (Fsp3) is 0.588. The molecule has 0 spiro atoms.